The van der Waals surface area contributed by atoms with Crippen LogP contribution in [0, 0.1) is 0 Å². The molecule has 2 aromatic rings. The van der Waals surface area contributed by atoms with Crippen molar-refractivity contribution in [3.63, 3.8) is 0 Å². The fourth-order valence-electron chi connectivity index (χ4n) is 2.23. The van der Waals surface area contributed by atoms with Crippen LogP contribution in [0.4, 0.5) is 13.2 Å². The predicted octanol–water partition coefficient (Wildman–Crippen LogP) is 4.59. The summed E-state index contributed by atoms with van der Waals surface area (Å²) in [5, 5.41) is 2.44. The number of carbonyl (C=O) groups excluding carboxylic acids is 1. The largest absolute Gasteiger partial charge is 0.465 e. The monoisotopic (exact) mass is 364 g/mol. The van der Waals surface area contributed by atoms with Crippen LogP contribution in [0.1, 0.15) is 41.4 Å². The quantitative estimate of drug-likeness (QED) is 0.637. The molecule has 0 aliphatic heterocycles. The zero-order valence-corrected chi connectivity index (χ0v) is 14.4. The van der Waals surface area contributed by atoms with Gasteiger partial charge in [-0.05, 0) is 37.6 Å². The lowest BCUT2D eigenvalue weighted by atomic mass is 10.1. The summed E-state index contributed by atoms with van der Waals surface area (Å²) < 4.78 is 43.7. The lowest BCUT2D eigenvalue weighted by molar-refractivity contribution is -0.137. The first-order valence-electron chi connectivity index (χ1n) is 8.05. The summed E-state index contributed by atoms with van der Waals surface area (Å²) in [6, 6.07) is 13.2. The van der Waals surface area contributed by atoms with Crippen LogP contribution in [0.3, 0.4) is 0 Å². The number of alkyl halides is 3. The molecule has 0 spiro atoms. The van der Waals surface area contributed by atoms with Crippen LogP contribution in [0.2, 0.25) is 0 Å². The number of rotatable bonds is 4. The van der Waals surface area contributed by atoms with Crippen LogP contribution in [0.5, 0.6) is 0 Å². The van der Waals surface area contributed by atoms with Crippen LogP contribution < -0.4 is 5.32 Å². The second-order valence-electron chi connectivity index (χ2n) is 5.49. The molecule has 1 N–H and O–H groups in total. The van der Waals surface area contributed by atoms with Crippen molar-refractivity contribution in [2.24, 2.45) is 4.99 Å². The number of ether oxygens (including phenoxy) is 1. The molecule has 138 valence electrons. The zero-order chi connectivity index (χ0) is 19.2. The van der Waals surface area contributed by atoms with Crippen LogP contribution in [-0.4, -0.2) is 18.5 Å². The highest BCUT2D eigenvalue weighted by atomic mass is 19.4. The number of hydrogen-bond donors (Lipinski definition) is 1. The Morgan fingerprint density at radius 1 is 1.15 bits per heavy atom. The summed E-state index contributed by atoms with van der Waals surface area (Å²) in [4.78, 5) is 16.6. The Morgan fingerprint density at radius 3 is 2.46 bits per heavy atom. The van der Waals surface area contributed by atoms with Gasteiger partial charge in [0.25, 0.3) is 11.9 Å². The third kappa shape index (κ3) is 5.34. The minimum Gasteiger partial charge on any atom is -0.465 e. The summed E-state index contributed by atoms with van der Waals surface area (Å²) >= 11 is 0. The predicted molar refractivity (Wildman–Crippen MR) is 92.8 cm³/mol. The Labute approximate surface area is 149 Å². The molecule has 0 saturated heterocycles. The Bertz CT molecular complexity index is 774. The molecular weight excluding hydrogens is 345 g/mol. The molecule has 0 aliphatic rings. The highest BCUT2D eigenvalue weighted by Gasteiger charge is 2.31. The van der Waals surface area contributed by atoms with Gasteiger partial charge in [0.2, 0.25) is 0 Å². The summed E-state index contributed by atoms with van der Waals surface area (Å²) in [6.45, 7) is 3.80. The number of amides is 1. The number of hydrogen-bond acceptors (Lipinski definition) is 3. The average molecular weight is 364 g/mol. The van der Waals surface area contributed by atoms with Crippen LogP contribution >= 0.6 is 0 Å². The molecule has 26 heavy (non-hydrogen) atoms. The molecule has 0 heterocycles. The van der Waals surface area contributed by atoms with Gasteiger partial charge in [0.15, 0.2) is 0 Å². The first-order chi connectivity index (χ1) is 12.3. The standard InChI is InChI=1S/C19H19F3N2O2/c1-3-26-18(23-13(2)14-8-5-4-6-9-14)24-17(25)15-10-7-11-16(12-15)19(20,21)22/h4-13H,3H2,1-2H3,(H,23,24,25)/t13-/m0/s1. The molecule has 0 saturated carbocycles. The number of aliphatic imine (C=N–C) groups is 1. The van der Waals surface area contributed by atoms with Crippen LogP contribution in [0.25, 0.3) is 0 Å². The number of nitrogens with zero attached hydrogens (tertiary/aromatic N) is 1. The molecule has 2 aromatic carbocycles. The van der Waals surface area contributed by atoms with E-state index in [4.69, 9.17) is 4.74 Å². The zero-order valence-electron chi connectivity index (χ0n) is 14.4. The summed E-state index contributed by atoms with van der Waals surface area (Å²) in [6.07, 6.45) is -4.52. The smallest absolute Gasteiger partial charge is 0.416 e. The van der Waals surface area contributed by atoms with Gasteiger partial charge in [-0.25, -0.2) is 4.99 Å². The molecule has 4 nitrogen and oxygen atoms in total. The lowest BCUT2D eigenvalue weighted by Crippen LogP contribution is -2.33. The van der Waals surface area contributed by atoms with E-state index in [2.05, 4.69) is 10.3 Å². The lowest BCUT2D eigenvalue weighted by Gasteiger charge is -2.13. The van der Waals surface area contributed by atoms with Gasteiger partial charge in [-0.2, -0.15) is 13.2 Å². The summed E-state index contributed by atoms with van der Waals surface area (Å²) in [5.74, 6) is -0.719. The summed E-state index contributed by atoms with van der Waals surface area (Å²) in [7, 11) is 0. The molecule has 0 fully saturated rings. The number of amidine groups is 1. The van der Waals surface area contributed by atoms with Gasteiger partial charge in [-0.15, -0.1) is 0 Å². The van der Waals surface area contributed by atoms with Crippen molar-refractivity contribution in [3.8, 4) is 0 Å². The van der Waals surface area contributed by atoms with Gasteiger partial charge in [-0.3, -0.25) is 10.1 Å². The minimum absolute atomic E-state index is 0.0359. The van der Waals surface area contributed by atoms with E-state index in [1.54, 1.807) is 6.92 Å². The minimum atomic E-state index is -4.52. The third-order valence-corrected chi connectivity index (χ3v) is 3.55. The van der Waals surface area contributed by atoms with Crippen molar-refractivity contribution in [1.82, 2.24) is 5.32 Å². The maximum absolute atomic E-state index is 12.8. The van der Waals surface area contributed by atoms with Crippen molar-refractivity contribution in [2.45, 2.75) is 26.1 Å². The van der Waals surface area contributed by atoms with Gasteiger partial charge in [0, 0.05) is 5.56 Å². The molecule has 0 radical (unpaired) electrons. The molecule has 2 rings (SSSR count). The van der Waals surface area contributed by atoms with Crippen molar-refractivity contribution in [2.75, 3.05) is 6.61 Å². The fraction of sp³-hybridized carbons (Fsp3) is 0.263. The molecule has 1 atom stereocenters. The third-order valence-electron chi connectivity index (χ3n) is 3.55. The molecule has 1 amide bonds. The topological polar surface area (TPSA) is 50.7 Å². The van der Waals surface area contributed by atoms with E-state index in [-0.39, 0.29) is 24.2 Å². The van der Waals surface area contributed by atoms with E-state index in [0.29, 0.717) is 0 Å². The van der Waals surface area contributed by atoms with E-state index in [9.17, 15) is 18.0 Å². The maximum atomic E-state index is 12.8. The van der Waals surface area contributed by atoms with Crippen molar-refractivity contribution in [1.29, 1.82) is 0 Å². The van der Waals surface area contributed by atoms with Crippen molar-refractivity contribution < 1.29 is 22.7 Å². The Morgan fingerprint density at radius 2 is 1.85 bits per heavy atom. The first-order valence-corrected chi connectivity index (χ1v) is 8.05. The molecule has 0 unspecified atom stereocenters. The number of nitrogens with one attached hydrogen (secondary N) is 1. The fourth-order valence-corrected chi connectivity index (χ4v) is 2.23. The van der Waals surface area contributed by atoms with Gasteiger partial charge in [0.05, 0.1) is 18.2 Å². The molecular formula is C19H19F3N2O2. The SMILES string of the molecule is CCOC(=N[C@@H](C)c1ccccc1)NC(=O)c1cccc(C(F)(F)F)c1. The van der Waals surface area contributed by atoms with E-state index in [1.165, 1.54) is 12.1 Å². The Kier molecular flexibility index (Phi) is 6.38. The van der Waals surface area contributed by atoms with Crippen LogP contribution in [0.15, 0.2) is 59.6 Å². The van der Waals surface area contributed by atoms with E-state index < -0.39 is 17.6 Å². The van der Waals surface area contributed by atoms with Crippen molar-refractivity contribution in [3.05, 3.63) is 71.3 Å². The van der Waals surface area contributed by atoms with E-state index in [0.717, 1.165) is 17.7 Å². The second-order valence-corrected chi connectivity index (χ2v) is 5.49. The van der Waals surface area contributed by atoms with Gasteiger partial charge >= 0.3 is 6.18 Å². The first kappa shape index (κ1) is 19.5. The van der Waals surface area contributed by atoms with Gasteiger partial charge in [0.1, 0.15) is 0 Å². The average Bonchev–Trinajstić information content (AvgIpc) is 2.62. The highest BCUT2D eigenvalue weighted by molar-refractivity contribution is 6.04. The molecule has 0 bridgehead atoms. The van der Waals surface area contributed by atoms with Crippen LogP contribution in [-0.2, 0) is 10.9 Å². The maximum Gasteiger partial charge on any atom is 0.416 e. The summed E-state index contributed by atoms with van der Waals surface area (Å²) in [5.41, 5.74) is -0.102. The molecule has 0 aromatic heterocycles. The molecule has 0 aliphatic carbocycles. The number of halogens is 3. The van der Waals surface area contributed by atoms with E-state index in [1.807, 2.05) is 37.3 Å². The molecule has 7 heteroatoms. The number of carbonyl (C=O) groups is 1. The highest BCUT2D eigenvalue weighted by Crippen LogP contribution is 2.29. The Hall–Kier alpha value is -2.83. The van der Waals surface area contributed by atoms with E-state index >= 15 is 0 Å². The number of benzene rings is 2. The van der Waals surface area contributed by atoms with Crippen molar-refractivity contribution >= 4 is 11.9 Å². The Balaban J connectivity index is 2.19. The van der Waals surface area contributed by atoms with Gasteiger partial charge < -0.3 is 4.74 Å². The normalized spacial score (nSPS) is 13.2. The second kappa shape index (κ2) is 8.51. The van der Waals surface area contributed by atoms with Gasteiger partial charge in [-0.1, -0.05) is 36.4 Å².